The molecule has 0 radical (unpaired) electrons. The van der Waals surface area contributed by atoms with Crippen LogP contribution in [0.1, 0.15) is 17.4 Å². The molecule has 6 nitrogen and oxygen atoms in total. The summed E-state index contributed by atoms with van der Waals surface area (Å²) in [5.41, 5.74) is 7.55. The fourth-order valence-corrected chi connectivity index (χ4v) is 1.28. The zero-order chi connectivity index (χ0) is 14.1. The van der Waals surface area contributed by atoms with Crippen molar-refractivity contribution in [2.75, 3.05) is 5.73 Å². The first-order valence-corrected chi connectivity index (χ1v) is 4.63. The Morgan fingerprint density at radius 2 is 1.89 bits per heavy atom. The lowest BCUT2D eigenvalue weighted by molar-refractivity contribution is -0.145. The number of primary amides is 1. The molecule has 1 aromatic rings. The van der Waals surface area contributed by atoms with E-state index in [1.165, 1.54) is 0 Å². The van der Waals surface area contributed by atoms with Crippen LogP contribution in [0.4, 0.5) is 19.0 Å². The minimum Gasteiger partial charge on any atom is -0.385 e. The third-order valence-corrected chi connectivity index (χ3v) is 2.13. The molecule has 0 bridgehead atoms. The van der Waals surface area contributed by atoms with Gasteiger partial charge in [0.1, 0.15) is 11.9 Å². The fourth-order valence-electron chi connectivity index (χ4n) is 1.28. The van der Waals surface area contributed by atoms with E-state index >= 15 is 0 Å². The lowest BCUT2D eigenvalue weighted by atomic mass is 10.0. The molecule has 100 valence electrons. The zero-order valence-corrected chi connectivity index (χ0v) is 8.85. The molecule has 0 saturated heterocycles. The van der Waals surface area contributed by atoms with E-state index in [1.54, 1.807) is 0 Å². The van der Waals surface area contributed by atoms with Gasteiger partial charge >= 0.3 is 6.18 Å². The minimum atomic E-state index is -4.89. The van der Waals surface area contributed by atoms with Crippen LogP contribution in [0.5, 0.6) is 0 Å². The number of carbonyl (C=O) groups is 1. The van der Waals surface area contributed by atoms with Crippen molar-refractivity contribution in [3.63, 3.8) is 0 Å². The number of pyridine rings is 1. The lowest BCUT2D eigenvalue weighted by Crippen LogP contribution is -2.35. The van der Waals surface area contributed by atoms with E-state index in [0.29, 0.717) is 0 Å². The van der Waals surface area contributed by atoms with Crippen molar-refractivity contribution in [3.05, 3.63) is 23.4 Å². The van der Waals surface area contributed by atoms with E-state index in [2.05, 4.69) is 10.7 Å². The van der Waals surface area contributed by atoms with Crippen molar-refractivity contribution in [2.24, 2.45) is 5.73 Å². The topological polar surface area (TPSA) is 122 Å². The van der Waals surface area contributed by atoms with Crippen LogP contribution in [0, 0.1) is 0 Å². The van der Waals surface area contributed by atoms with Crippen molar-refractivity contribution in [3.8, 4) is 0 Å². The molecule has 0 aliphatic rings. The summed E-state index contributed by atoms with van der Waals surface area (Å²) in [4.78, 5) is 13.7. The summed E-state index contributed by atoms with van der Waals surface area (Å²) < 4.78 is 37.9. The predicted molar refractivity (Wildman–Crippen MR) is 53.8 cm³/mol. The Kier molecular flexibility index (Phi) is 3.77. The first kappa shape index (κ1) is 14.2. The first-order chi connectivity index (χ1) is 8.14. The van der Waals surface area contributed by atoms with Gasteiger partial charge in [-0.15, -0.1) is 0 Å². The second kappa shape index (κ2) is 4.78. The number of hydrogen-bond acceptors (Lipinski definition) is 5. The van der Waals surface area contributed by atoms with Crippen LogP contribution in [0.15, 0.2) is 12.1 Å². The fraction of sp³-hybridized carbons (Fsp3) is 0.333. The Bertz CT molecular complexity index is 464. The number of anilines is 1. The number of rotatable bonds is 3. The number of alkyl halides is 3. The van der Waals surface area contributed by atoms with E-state index in [1.807, 2.05) is 0 Å². The molecule has 0 fully saturated rings. The Morgan fingerprint density at radius 3 is 2.33 bits per heavy atom. The molecule has 0 saturated carbocycles. The van der Waals surface area contributed by atoms with Crippen LogP contribution in [-0.4, -0.2) is 27.2 Å². The van der Waals surface area contributed by atoms with Crippen molar-refractivity contribution in [2.45, 2.75) is 18.4 Å². The van der Waals surface area contributed by atoms with Crippen LogP contribution < -0.4 is 11.5 Å². The van der Waals surface area contributed by atoms with E-state index in [-0.39, 0.29) is 0 Å². The number of aromatic nitrogens is 1. The molecule has 1 amide bonds. The number of nitrogens with two attached hydrogens (primary N) is 2. The van der Waals surface area contributed by atoms with Gasteiger partial charge in [-0.2, -0.15) is 13.2 Å². The Labute approximate surface area is 99.0 Å². The van der Waals surface area contributed by atoms with Gasteiger partial charge < -0.3 is 21.7 Å². The highest BCUT2D eigenvalue weighted by atomic mass is 19.4. The van der Waals surface area contributed by atoms with Gasteiger partial charge in [-0.05, 0) is 6.07 Å². The molecule has 0 aromatic carbocycles. The number of amides is 1. The maximum absolute atomic E-state index is 12.6. The van der Waals surface area contributed by atoms with E-state index in [9.17, 15) is 23.1 Å². The highest BCUT2D eigenvalue weighted by Crippen LogP contribution is 2.34. The normalized spacial score (nSPS) is 15.2. The molecular weight excluding hydrogens is 255 g/mol. The molecular formula is C9H10F3N3O3. The molecule has 18 heavy (non-hydrogen) atoms. The molecule has 0 aliphatic carbocycles. The lowest BCUT2D eigenvalue weighted by Gasteiger charge is -2.19. The number of hydrogen-bond donors (Lipinski definition) is 4. The van der Waals surface area contributed by atoms with Crippen molar-refractivity contribution >= 4 is 11.7 Å². The molecule has 0 spiro atoms. The zero-order valence-electron chi connectivity index (χ0n) is 8.85. The second-order valence-electron chi connectivity index (χ2n) is 3.46. The quantitative estimate of drug-likeness (QED) is 0.590. The average Bonchev–Trinajstić information content (AvgIpc) is 2.25. The molecule has 0 aliphatic heterocycles. The number of carbonyl (C=O) groups excluding carboxylic acids is 1. The number of halogens is 3. The third-order valence-electron chi connectivity index (χ3n) is 2.13. The third kappa shape index (κ3) is 2.87. The average molecular weight is 265 g/mol. The molecule has 1 rings (SSSR count). The number of aliphatic hydroxyl groups excluding tert-OH is 2. The number of nitrogen functional groups attached to an aromatic ring is 1. The van der Waals surface area contributed by atoms with Crippen molar-refractivity contribution < 1.29 is 28.2 Å². The van der Waals surface area contributed by atoms with Gasteiger partial charge in [0, 0.05) is 5.56 Å². The minimum absolute atomic E-state index is 0.410. The van der Waals surface area contributed by atoms with Crippen LogP contribution in [-0.2, 0) is 11.0 Å². The van der Waals surface area contributed by atoms with Gasteiger partial charge in [-0.25, -0.2) is 4.98 Å². The van der Waals surface area contributed by atoms with Gasteiger partial charge in [0.2, 0.25) is 5.91 Å². The van der Waals surface area contributed by atoms with Gasteiger partial charge in [0.15, 0.2) is 11.8 Å². The van der Waals surface area contributed by atoms with Gasteiger partial charge in [-0.1, -0.05) is 6.07 Å². The summed E-state index contributed by atoms with van der Waals surface area (Å²) in [7, 11) is 0. The summed E-state index contributed by atoms with van der Waals surface area (Å²) in [5, 5.41) is 18.6. The largest absolute Gasteiger partial charge is 0.433 e. The predicted octanol–water partition coefficient (Wildman–Crippen LogP) is -0.438. The summed E-state index contributed by atoms with van der Waals surface area (Å²) in [6.07, 6.45) is -9.19. The van der Waals surface area contributed by atoms with Crippen LogP contribution >= 0.6 is 0 Å². The molecule has 2 atom stereocenters. The monoisotopic (exact) mass is 265 g/mol. The first-order valence-electron chi connectivity index (χ1n) is 4.63. The van der Waals surface area contributed by atoms with E-state index < -0.39 is 41.4 Å². The van der Waals surface area contributed by atoms with Crippen LogP contribution in [0.25, 0.3) is 0 Å². The molecule has 2 unspecified atom stereocenters. The van der Waals surface area contributed by atoms with Crippen molar-refractivity contribution in [1.82, 2.24) is 4.98 Å². The van der Waals surface area contributed by atoms with Crippen LogP contribution in [0.2, 0.25) is 0 Å². The molecule has 6 N–H and O–H groups in total. The highest BCUT2D eigenvalue weighted by molar-refractivity contribution is 5.79. The maximum Gasteiger partial charge on any atom is 0.433 e. The highest BCUT2D eigenvalue weighted by Gasteiger charge is 2.39. The summed E-state index contributed by atoms with van der Waals surface area (Å²) >= 11 is 0. The Hall–Kier alpha value is -1.87. The van der Waals surface area contributed by atoms with Gasteiger partial charge in [-0.3, -0.25) is 4.79 Å². The SMILES string of the molecule is NC(=O)C(O)C(O)c1ccc(N)nc1C(F)(F)F. The maximum atomic E-state index is 12.6. The van der Waals surface area contributed by atoms with E-state index in [4.69, 9.17) is 10.8 Å². The standard InChI is InChI=1S/C9H10F3N3O3/c10-9(11,12)7-3(1-2-4(13)15-7)5(16)6(17)8(14)18/h1-2,5-6,16-17H,(H2,13,15)(H2,14,18). The Morgan fingerprint density at radius 1 is 1.33 bits per heavy atom. The Balaban J connectivity index is 3.28. The van der Waals surface area contributed by atoms with Crippen molar-refractivity contribution in [1.29, 1.82) is 0 Å². The summed E-state index contributed by atoms with van der Waals surface area (Å²) in [5.74, 6) is -1.76. The molecule has 1 aromatic heterocycles. The molecule has 9 heteroatoms. The summed E-state index contributed by atoms with van der Waals surface area (Å²) in [6.45, 7) is 0. The number of aliphatic hydroxyl groups is 2. The smallest absolute Gasteiger partial charge is 0.385 e. The second-order valence-corrected chi connectivity index (χ2v) is 3.46. The summed E-state index contributed by atoms with van der Waals surface area (Å²) in [6, 6.07) is 1.82. The number of nitrogens with zero attached hydrogens (tertiary/aromatic N) is 1. The van der Waals surface area contributed by atoms with Gasteiger partial charge in [0.05, 0.1) is 0 Å². The van der Waals surface area contributed by atoms with E-state index in [0.717, 1.165) is 12.1 Å². The molecule has 1 heterocycles. The van der Waals surface area contributed by atoms with Crippen LogP contribution in [0.3, 0.4) is 0 Å². The van der Waals surface area contributed by atoms with Gasteiger partial charge in [0.25, 0.3) is 0 Å².